The van der Waals surface area contributed by atoms with Crippen molar-refractivity contribution in [2.45, 2.75) is 45.3 Å². The maximum absolute atomic E-state index is 13.6. The van der Waals surface area contributed by atoms with Gasteiger partial charge in [-0.2, -0.15) is 0 Å². The maximum Gasteiger partial charge on any atom is 0.417 e. The topological polar surface area (TPSA) is 100 Å². The van der Waals surface area contributed by atoms with Crippen LogP contribution in [0.4, 0.5) is 4.79 Å². The van der Waals surface area contributed by atoms with Gasteiger partial charge in [0.15, 0.2) is 11.5 Å². The lowest BCUT2D eigenvalue weighted by atomic mass is 10.0. The SMILES string of the molecule is CCO[C@@H](Cc1ccc(OCCc2nc(-c3ccccc3)oc2C)c(OC)c1)C(=O)N1C(=O)OC[C@@H]1Cc1ccccc1. The van der Waals surface area contributed by atoms with Gasteiger partial charge in [-0.1, -0.05) is 54.6 Å². The molecule has 0 aliphatic carbocycles. The standard InChI is InChI=1S/C34H36N2O7/c1-4-40-31(33(37)36-27(22-42-34(36)38)19-24-11-7-5-8-12-24)21-25-15-16-29(30(20-25)39-3)41-18-17-28-23(2)43-32(35-28)26-13-9-6-10-14-26/h5-16,20,27,31H,4,17-19,21-22H2,1-3H3/t27-,31-/m0/s1. The molecule has 43 heavy (non-hydrogen) atoms. The van der Waals surface area contributed by atoms with Gasteiger partial charge in [-0.3, -0.25) is 4.79 Å². The zero-order valence-corrected chi connectivity index (χ0v) is 24.7. The second-order valence-electron chi connectivity index (χ2n) is 10.2. The summed E-state index contributed by atoms with van der Waals surface area (Å²) in [6.07, 6.45) is -0.178. The van der Waals surface area contributed by atoms with Crippen LogP contribution < -0.4 is 9.47 Å². The Kier molecular flexibility index (Phi) is 9.73. The molecule has 2 heterocycles. The van der Waals surface area contributed by atoms with Crippen molar-refractivity contribution in [1.29, 1.82) is 0 Å². The van der Waals surface area contributed by atoms with Crippen molar-refractivity contribution in [1.82, 2.24) is 9.88 Å². The summed E-state index contributed by atoms with van der Waals surface area (Å²) >= 11 is 0. The van der Waals surface area contributed by atoms with Crippen molar-refractivity contribution in [2.75, 3.05) is 26.9 Å². The van der Waals surface area contributed by atoms with Crippen LogP contribution in [0.2, 0.25) is 0 Å². The minimum absolute atomic E-state index is 0.152. The Balaban J connectivity index is 1.23. The van der Waals surface area contributed by atoms with Crippen LogP contribution in [0.3, 0.4) is 0 Å². The molecule has 2 amide bonds. The zero-order valence-electron chi connectivity index (χ0n) is 24.7. The van der Waals surface area contributed by atoms with E-state index in [2.05, 4.69) is 4.98 Å². The molecular formula is C34H36N2O7. The lowest BCUT2D eigenvalue weighted by Gasteiger charge is -2.25. The van der Waals surface area contributed by atoms with Crippen LogP contribution in [-0.4, -0.2) is 61.0 Å². The number of ether oxygens (including phenoxy) is 4. The molecule has 9 nitrogen and oxygen atoms in total. The molecule has 1 aliphatic heterocycles. The summed E-state index contributed by atoms with van der Waals surface area (Å²) < 4.78 is 28.6. The summed E-state index contributed by atoms with van der Waals surface area (Å²) in [5, 5.41) is 0. The van der Waals surface area contributed by atoms with E-state index < -0.39 is 24.1 Å². The molecular weight excluding hydrogens is 548 g/mol. The Labute approximate surface area is 251 Å². The van der Waals surface area contributed by atoms with E-state index in [1.54, 1.807) is 7.11 Å². The molecule has 0 spiro atoms. The Morgan fingerprint density at radius 2 is 1.77 bits per heavy atom. The fraction of sp³-hybridized carbons (Fsp3) is 0.324. The molecule has 9 heteroatoms. The van der Waals surface area contributed by atoms with Crippen LogP contribution >= 0.6 is 0 Å². The van der Waals surface area contributed by atoms with Crippen LogP contribution in [0.15, 0.2) is 83.3 Å². The van der Waals surface area contributed by atoms with Gasteiger partial charge in [0.05, 0.1) is 25.5 Å². The highest BCUT2D eigenvalue weighted by molar-refractivity contribution is 5.96. The third-order valence-corrected chi connectivity index (χ3v) is 7.31. The van der Waals surface area contributed by atoms with Crippen LogP contribution in [-0.2, 0) is 33.5 Å². The molecule has 1 aliphatic rings. The van der Waals surface area contributed by atoms with Crippen molar-refractivity contribution in [3.8, 4) is 23.0 Å². The monoisotopic (exact) mass is 584 g/mol. The number of amides is 2. The number of carbonyl (C=O) groups excluding carboxylic acids is 2. The van der Waals surface area contributed by atoms with Gasteiger partial charge in [0.1, 0.15) is 18.5 Å². The van der Waals surface area contributed by atoms with Crippen LogP contribution in [0.1, 0.15) is 29.5 Å². The van der Waals surface area contributed by atoms with Gasteiger partial charge in [0.25, 0.3) is 5.91 Å². The van der Waals surface area contributed by atoms with Gasteiger partial charge < -0.3 is 23.4 Å². The second-order valence-corrected chi connectivity index (χ2v) is 10.2. The first-order chi connectivity index (χ1) is 21.0. The fourth-order valence-electron chi connectivity index (χ4n) is 5.13. The number of hydrogen-bond donors (Lipinski definition) is 0. The number of benzene rings is 3. The molecule has 0 bridgehead atoms. The van der Waals surface area contributed by atoms with Gasteiger partial charge in [-0.15, -0.1) is 0 Å². The van der Waals surface area contributed by atoms with Gasteiger partial charge in [0, 0.05) is 25.0 Å². The highest BCUT2D eigenvalue weighted by atomic mass is 16.6. The normalized spacial score (nSPS) is 15.3. The first-order valence-corrected chi connectivity index (χ1v) is 14.4. The van der Waals surface area contributed by atoms with E-state index in [0.29, 0.717) is 43.4 Å². The van der Waals surface area contributed by atoms with E-state index in [0.717, 1.165) is 28.1 Å². The number of cyclic esters (lactones) is 1. The first kappa shape index (κ1) is 29.8. The molecule has 0 radical (unpaired) electrons. The average Bonchev–Trinajstić information content (AvgIpc) is 3.59. The minimum Gasteiger partial charge on any atom is -0.493 e. The quantitative estimate of drug-likeness (QED) is 0.194. The van der Waals surface area contributed by atoms with Gasteiger partial charge in [0.2, 0.25) is 5.89 Å². The summed E-state index contributed by atoms with van der Waals surface area (Å²) in [5.41, 5.74) is 3.58. The number of oxazole rings is 1. The first-order valence-electron chi connectivity index (χ1n) is 14.4. The molecule has 0 unspecified atom stereocenters. The fourth-order valence-corrected chi connectivity index (χ4v) is 5.13. The number of aryl methyl sites for hydroxylation is 1. The largest absolute Gasteiger partial charge is 0.493 e. The highest BCUT2D eigenvalue weighted by Crippen LogP contribution is 2.30. The Morgan fingerprint density at radius 3 is 2.49 bits per heavy atom. The van der Waals surface area contributed by atoms with Crippen LogP contribution in [0, 0.1) is 6.92 Å². The molecule has 1 aromatic heterocycles. The number of rotatable bonds is 13. The number of methoxy groups -OCH3 is 1. The third-order valence-electron chi connectivity index (χ3n) is 7.31. The lowest BCUT2D eigenvalue weighted by Crippen LogP contribution is -2.47. The summed E-state index contributed by atoms with van der Waals surface area (Å²) in [6.45, 7) is 4.55. The molecule has 5 rings (SSSR count). The Hall–Kier alpha value is -4.63. The maximum atomic E-state index is 13.6. The smallest absolute Gasteiger partial charge is 0.417 e. The summed E-state index contributed by atoms with van der Waals surface area (Å²) in [4.78, 5) is 32.0. The molecule has 0 N–H and O–H groups in total. The summed E-state index contributed by atoms with van der Waals surface area (Å²) in [5.74, 6) is 2.03. The predicted octanol–water partition coefficient (Wildman–Crippen LogP) is 5.82. The van der Waals surface area contributed by atoms with Crippen molar-refractivity contribution < 1.29 is 33.0 Å². The van der Waals surface area contributed by atoms with E-state index in [-0.39, 0.29) is 13.0 Å². The number of hydrogen-bond acceptors (Lipinski definition) is 8. The number of aromatic nitrogens is 1. The molecule has 0 saturated carbocycles. The van der Waals surface area contributed by atoms with Crippen molar-refractivity contribution in [2.24, 2.45) is 0 Å². The third kappa shape index (κ3) is 7.24. The van der Waals surface area contributed by atoms with Crippen LogP contribution in [0.5, 0.6) is 11.5 Å². The van der Waals surface area contributed by atoms with E-state index in [9.17, 15) is 9.59 Å². The summed E-state index contributed by atoms with van der Waals surface area (Å²) in [7, 11) is 1.57. The van der Waals surface area contributed by atoms with Crippen molar-refractivity contribution >= 4 is 12.0 Å². The highest BCUT2D eigenvalue weighted by Gasteiger charge is 2.41. The molecule has 3 aromatic carbocycles. The average molecular weight is 585 g/mol. The van der Waals surface area contributed by atoms with Gasteiger partial charge in [-0.25, -0.2) is 14.7 Å². The van der Waals surface area contributed by atoms with Gasteiger partial charge in [-0.05, 0) is 55.7 Å². The Morgan fingerprint density at radius 1 is 1.02 bits per heavy atom. The molecule has 224 valence electrons. The zero-order chi connectivity index (χ0) is 30.2. The minimum atomic E-state index is -0.862. The van der Waals surface area contributed by atoms with Crippen molar-refractivity contribution in [3.63, 3.8) is 0 Å². The number of imide groups is 1. The predicted molar refractivity (Wildman–Crippen MR) is 160 cm³/mol. The molecule has 1 saturated heterocycles. The van der Waals surface area contributed by atoms with E-state index in [1.807, 2.05) is 92.7 Å². The summed E-state index contributed by atoms with van der Waals surface area (Å²) in [6, 6.07) is 24.6. The van der Waals surface area contributed by atoms with E-state index in [4.69, 9.17) is 23.4 Å². The second kappa shape index (κ2) is 14.0. The van der Waals surface area contributed by atoms with E-state index >= 15 is 0 Å². The van der Waals surface area contributed by atoms with Crippen molar-refractivity contribution in [3.05, 3.63) is 101 Å². The molecule has 2 atom stereocenters. The Bertz CT molecular complexity index is 1520. The van der Waals surface area contributed by atoms with E-state index in [1.165, 1.54) is 4.90 Å². The number of carbonyl (C=O) groups is 2. The van der Waals surface area contributed by atoms with Crippen LogP contribution in [0.25, 0.3) is 11.5 Å². The number of nitrogens with zero attached hydrogens (tertiary/aromatic N) is 2. The lowest BCUT2D eigenvalue weighted by molar-refractivity contribution is -0.141. The molecule has 4 aromatic rings. The van der Waals surface area contributed by atoms with Gasteiger partial charge >= 0.3 is 6.09 Å². The molecule has 1 fully saturated rings.